The third-order valence-electron chi connectivity index (χ3n) is 11.9. The molecule has 3 aromatic heterocycles. The van der Waals surface area contributed by atoms with Crippen molar-refractivity contribution in [2.45, 2.75) is 0 Å². The van der Waals surface area contributed by atoms with E-state index in [9.17, 15) is 0 Å². The van der Waals surface area contributed by atoms with Crippen molar-refractivity contribution in [3.8, 4) is 73.0 Å². The Morgan fingerprint density at radius 3 is 1.65 bits per heavy atom. The van der Waals surface area contributed by atoms with Gasteiger partial charge in [-0.1, -0.05) is 152 Å². The van der Waals surface area contributed by atoms with E-state index in [1.807, 2.05) is 41.7 Å². The van der Waals surface area contributed by atoms with Crippen molar-refractivity contribution in [2.24, 2.45) is 0 Å². The number of nitrogens with zero attached hydrogens (tertiary/aromatic N) is 4. The summed E-state index contributed by atoms with van der Waals surface area (Å²) in [5, 5.41) is 4.99. The van der Waals surface area contributed by atoms with E-state index in [0.29, 0.717) is 11.6 Å². The second-order valence-corrected chi connectivity index (χ2v) is 16.7. The number of thiophene rings is 1. The number of para-hydroxylation sites is 2. The lowest BCUT2D eigenvalue weighted by molar-refractivity contribution is 1.07. The Hall–Kier alpha value is -7.99. The summed E-state index contributed by atoms with van der Waals surface area (Å²) in [5.74, 6) is 1.26. The third-order valence-corrected chi connectivity index (χ3v) is 13.1. The van der Waals surface area contributed by atoms with Gasteiger partial charge in [-0.3, -0.25) is 0 Å². The molecule has 0 aliphatic carbocycles. The second-order valence-electron chi connectivity index (χ2n) is 15.6. The van der Waals surface area contributed by atoms with Crippen LogP contribution in [0.25, 0.3) is 115 Å². The highest BCUT2D eigenvalue weighted by Crippen LogP contribution is 2.45. The molecule has 0 amide bonds. The van der Waals surface area contributed by atoms with E-state index < -0.39 is 0 Å². The topological polar surface area (TPSA) is 43.6 Å². The van der Waals surface area contributed by atoms with Gasteiger partial charge in [-0.2, -0.15) is 0 Å². The van der Waals surface area contributed by atoms with Crippen LogP contribution < -0.4 is 0 Å². The Morgan fingerprint density at radius 1 is 0.355 bits per heavy atom. The maximum absolute atomic E-state index is 5.15. The molecule has 0 saturated carbocycles. The van der Waals surface area contributed by atoms with Gasteiger partial charge in [0.1, 0.15) is 6.33 Å². The predicted octanol–water partition coefficient (Wildman–Crippen LogP) is 15.3. The molecule has 5 heteroatoms. The van der Waals surface area contributed by atoms with Gasteiger partial charge in [-0.05, 0) is 105 Å². The fourth-order valence-corrected chi connectivity index (χ4v) is 10.1. The molecular formula is C57H36N4S. The molecule has 0 saturated heterocycles. The molecule has 3 heterocycles. The summed E-state index contributed by atoms with van der Waals surface area (Å²) in [4.78, 5) is 14.7. The number of fused-ring (bicyclic) bond motifs is 7. The normalized spacial score (nSPS) is 11.5. The average molecular weight is 809 g/mol. The minimum absolute atomic E-state index is 0.625. The maximum atomic E-state index is 5.15. The molecule has 0 fully saturated rings. The predicted molar refractivity (Wildman–Crippen MR) is 260 cm³/mol. The molecule has 0 radical (unpaired) electrons. The monoisotopic (exact) mass is 808 g/mol. The number of hydrogen-bond acceptors (Lipinski definition) is 4. The minimum Gasteiger partial charge on any atom is -0.309 e. The van der Waals surface area contributed by atoms with Crippen molar-refractivity contribution in [3.63, 3.8) is 0 Å². The SMILES string of the molecule is c1ccc(-c2cc(-c3ccccc3)cc(-c3ccc(-c4ccc5sc6ccc7c8ccccc8n(-c8ccccc8)c7c6c5c4)c(-c4ncnc(-c5ccccc5)n4)c3)c2)cc1. The summed E-state index contributed by atoms with van der Waals surface area (Å²) in [5.41, 5.74) is 14.5. The van der Waals surface area contributed by atoms with E-state index in [0.717, 1.165) is 50.2 Å². The van der Waals surface area contributed by atoms with Gasteiger partial charge in [0.25, 0.3) is 0 Å². The van der Waals surface area contributed by atoms with Crippen LogP contribution in [0.3, 0.4) is 0 Å². The molecule has 290 valence electrons. The summed E-state index contributed by atoms with van der Waals surface area (Å²) >= 11 is 1.85. The summed E-state index contributed by atoms with van der Waals surface area (Å²) < 4.78 is 4.95. The summed E-state index contributed by atoms with van der Waals surface area (Å²) in [6.45, 7) is 0. The Kier molecular flexibility index (Phi) is 8.65. The number of benzene rings is 9. The number of aromatic nitrogens is 4. The van der Waals surface area contributed by atoms with Gasteiger partial charge in [0.15, 0.2) is 11.6 Å². The van der Waals surface area contributed by atoms with E-state index in [4.69, 9.17) is 9.97 Å². The molecule has 0 N–H and O–H groups in total. The molecule has 62 heavy (non-hydrogen) atoms. The lowest BCUT2D eigenvalue weighted by Gasteiger charge is -2.15. The van der Waals surface area contributed by atoms with Gasteiger partial charge in [-0.15, -0.1) is 11.3 Å². The van der Waals surface area contributed by atoms with Crippen molar-refractivity contribution in [1.82, 2.24) is 19.5 Å². The summed E-state index contributed by atoms with van der Waals surface area (Å²) in [6, 6.07) is 76.0. The van der Waals surface area contributed by atoms with Crippen LogP contribution in [0, 0.1) is 0 Å². The molecular weight excluding hydrogens is 773 g/mol. The van der Waals surface area contributed by atoms with Crippen LogP contribution in [-0.2, 0) is 0 Å². The first-order chi connectivity index (χ1) is 30.7. The van der Waals surface area contributed by atoms with Crippen molar-refractivity contribution >= 4 is 53.3 Å². The van der Waals surface area contributed by atoms with E-state index in [2.05, 4.69) is 192 Å². The van der Waals surface area contributed by atoms with Crippen molar-refractivity contribution < 1.29 is 0 Å². The second kappa shape index (κ2) is 14.9. The third kappa shape index (κ3) is 6.18. The van der Waals surface area contributed by atoms with Crippen LogP contribution in [0.4, 0.5) is 0 Å². The lowest BCUT2D eigenvalue weighted by atomic mass is 9.90. The molecule has 0 bridgehead atoms. The first kappa shape index (κ1) is 35.9. The number of rotatable bonds is 7. The quantitative estimate of drug-likeness (QED) is 0.161. The Balaban J connectivity index is 1.10. The fraction of sp³-hybridized carbons (Fsp3) is 0. The fourth-order valence-electron chi connectivity index (χ4n) is 9.03. The van der Waals surface area contributed by atoms with Crippen LogP contribution in [0.5, 0.6) is 0 Å². The molecule has 12 aromatic rings. The van der Waals surface area contributed by atoms with Gasteiger partial charge in [0, 0.05) is 47.8 Å². The zero-order chi connectivity index (χ0) is 41.0. The van der Waals surface area contributed by atoms with Gasteiger partial charge in [0.2, 0.25) is 0 Å². The van der Waals surface area contributed by atoms with Crippen LogP contribution in [-0.4, -0.2) is 19.5 Å². The molecule has 9 aromatic carbocycles. The van der Waals surface area contributed by atoms with E-state index >= 15 is 0 Å². The van der Waals surface area contributed by atoms with Crippen molar-refractivity contribution in [3.05, 3.63) is 219 Å². The van der Waals surface area contributed by atoms with E-state index in [-0.39, 0.29) is 0 Å². The maximum Gasteiger partial charge on any atom is 0.164 e. The van der Waals surface area contributed by atoms with E-state index in [1.54, 1.807) is 6.33 Å². The van der Waals surface area contributed by atoms with Gasteiger partial charge < -0.3 is 4.57 Å². The van der Waals surface area contributed by atoms with Crippen molar-refractivity contribution in [2.75, 3.05) is 0 Å². The Bertz CT molecular complexity index is 3560. The van der Waals surface area contributed by atoms with Gasteiger partial charge in [-0.25, -0.2) is 15.0 Å². The highest BCUT2D eigenvalue weighted by molar-refractivity contribution is 7.26. The van der Waals surface area contributed by atoms with E-state index in [1.165, 1.54) is 53.1 Å². The molecule has 0 unspecified atom stereocenters. The van der Waals surface area contributed by atoms with Gasteiger partial charge >= 0.3 is 0 Å². The highest BCUT2D eigenvalue weighted by atomic mass is 32.1. The van der Waals surface area contributed by atoms with Crippen LogP contribution >= 0.6 is 11.3 Å². The summed E-state index contributed by atoms with van der Waals surface area (Å²) in [6.07, 6.45) is 1.64. The average Bonchev–Trinajstić information content (AvgIpc) is 3.90. The Morgan fingerprint density at radius 2 is 0.935 bits per heavy atom. The highest BCUT2D eigenvalue weighted by Gasteiger charge is 2.20. The largest absolute Gasteiger partial charge is 0.309 e. The molecule has 0 spiro atoms. The Labute approximate surface area is 362 Å². The smallest absolute Gasteiger partial charge is 0.164 e. The number of hydrogen-bond donors (Lipinski definition) is 0. The first-order valence-electron chi connectivity index (χ1n) is 20.8. The molecule has 12 rings (SSSR count). The van der Waals surface area contributed by atoms with Crippen LogP contribution in [0.2, 0.25) is 0 Å². The molecule has 4 nitrogen and oxygen atoms in total. The molecule has 0 atom stereocenters. The lowest BCUT2D eigenvalue weighted by Crippen LogP contribution is -1.97. The van der Waals surface area contributed by atoms with Gasteiger partial charge in [0.05, 0.1) is 11.0 Å². The zero-order valence-electron chi connectivity index (χ0n) is 33.5. The molecule has 0 aliphatic rings. The zero-order valence-corrected chi connectivity index (χ0v) is 34.3. The van der Waals surface area contributed by atoms with Crippen molar-refractivity contribution in [1.29, 1.82) is 0 Å². The van der Waals surface area contributed by atoms with Crippen LogP contribution in [0.15, 0.2) is 219 Å². The standard InChI is InChI=1S/C57H36N4S/c1-5-15-37(16-6-1)42-31-43(38-17-7-2-8-18-38)33-44(32-42)40-25-27-46(49(34-40)57-59-36-58-56(60-57)39-19-9-3-10-20-39)41-26-29-52-50(35-41)54-53(62-52)30-28-48-47-23-13-14-24-51(47)61(55(48)54)45-21-11-4-12-22-45/h1-36H. The van der Waals surface area contributed by atoms with Crippen LogP contribution in [0.1, 0.15) is 0 Å². The molecule has 0 aliphatic heterocycles. The summed E-state index contributed by atoms with van der Waals surface area (Å²) in [7, 11) is 0. The first-order valence-corrected chi connectivity index (χ1v) is 21.6. The minimum atomic E-state index is 0.625.